The topological polar surface area (TPSA) is 82.0 Å². The molecule has 27 heavy (non-hydrogen) atoms. The van der Waals surface area contributed by atoms with Crippen molar-refractivity contribution in [1.29, 1.82) is 5.41 Å². The maximum atomic E-state index is 12.5. The van der Waals surface area contributed by atoms with Crippen molar-refractivity contribution < 1.29 is 9.21 Å². The summed E-state index contributed by atoms with van der Waals surface area (Å²) in [6.45, 7) is 0. The zero-order valence-electron chi connectivity index (χ0n) is 14.9. The molecule has 4 fully saturated rings. The third kappa shape index (κ3) is 2.33. The van der Waals surface area contributed by atoms with Crippen molar-refractivity contribution in [3.05, 3.63) is 29.7 Å². The lowest BCUT2D eigenvalue weighted by atomic mass is 9.50. The number of rotatable bonds is 2. The fourth-order valence-corrected chi connectivity index (χ4v) is 7.20. The average molecular weight is 380 g/mol. The molecule has 2 aliphatic heterocycles. The second kappa shape index (κ2) is 5.44. The first-order valence-electron chi connectivity index (χ1n) is 9.64. The molecule has 3 heterocycles. The zero-order valence-corrected chi connectivity index (χ0v) is 15.7. The second-order valence-corrected chi connectivity index (χ2v) is 9.59. The Morgan fingerprint density at radius 2 is 1.93 bits per heavy atom. The van der Waals surface area contributed by atoms with Crippen LogP contribution in [0.1, 0.15) is 44.3 Å². The summed E-state index contributed by atoms with van der Waals surface area (Å²) in [7, 11) is 0. The average Bonchev–Trinajstić information content (AvgIpc) is 3.27. The minimum absolute atomic E-state index is 0.0913. The van der Waals surface area contributed by atoms with Crippen LogP contribution >= 0.6 is 11.8 Å². The van der Waals surface area contributed by atoms with Gasteiger partial charge in [0.2, 0.25) is 5.17 Å². The lowest BCUT2D eigenvalue weighted by Crippen LogP contribution is -2.49. The molecule has 6 aliphatic rings. The normalized spacial score (nSPS) is 38.4. The van der Waals surface area contributed by atoms with E-state index in [0.717, 1.165) is 22.8 Å². The van der Waals surface area contributed by atoms with Crippen LogP contribution in [0.25, 0.3) is 6.08 Å². The standard InChI is InChI=1S/C20H20N4O2S/c21-16-15(7-14-2-1-3-26-14)17(25)22-19-24(16)23-18(27-19)20-8-11-4-12(9-20)6-13(5-11)10-20/h1-3,7,11-13,21H,4-6,8-10H2. The number of amidine groups is 2. The molecule has 7 rings (SSSR count). The van der Waals surface area contributed by atoms with Crippen LogP contribution in [0.2, 0.25) is 0 Å². The zero-order chi connectivity index (χ0) is 18.2. The van der Waals surface area contributed by atoms with Gasteiger partial charge in [0, 0.05) is 5.41 Å². The van der Waals surface area contributed by atoms with Gasteiger partial charge in [0.25, 0.3) is 5.91 Å². The van der Waals surface area contributed by atoms with Crippen LogP contribution in [0.4, 0.5) is 0 Å². The fraction of sp³-hybridized carbons (Fsp3) is 0.500. The van der Waals surface area contributed by atoms with Crippen LogP contribution in [0.3, 0.4) is 0 Å². The maximum Gasteiger partial charge on any atom is 0.283 e. The van der Waals surface area contributed by atoms with Crippen LogP contribution < -0.4 is 0 Å². The van der Waals surface area contributed by atoms with E-state index in [0.29, 0.717) is 10.9 Å². The van der Waals surface area contributed by atoms with E-state index in [1.807, 2.05) is 0 Å². The lowest BCUT2D eigenvalue weighted by Gasteiger charge is -2.56. The lowest BCUT2D eigenvalue weighted by molar-refractivity contribution is -0.114. The molecule has 138 valence electrons. The van der Waals surface area contributed by atoms with E-state index in [-0.39, 0.29) is 16.8 Å². The van der Waals surface area contributed by atoms with Crippen molar-refractivity contribution >= 4 is 39.8 Å². The van der Waals surface area contributed by atoms with Crippen molar-refractivity contribution in [1.82, 2.24) is 5.01 Å². The summed E-state index contributed by atoms with van der Waals surface area (Å²) in [5.74, 6) is 2.73. The highest BCUT2D eigenvalue weighted by Crippen LogP contribution is 2.62. The van der Waals surface area contributed by atoms with Gasteiger partial charge in [-0.05, 0) is 86.2 Å². The molecule has 0 aromatic carbocycles. The highest BCUT2D eigenvalue weighted by atomic mass is 32.2. The largest absolute Gasteiger partial charge is 0.465 e. The summed E-state index contributed by atoms with van der Waals surface area (Å²) in [5.41, 5.74) is 0.373. The van der Waals surface area contributed by atoms with Crippen LogP contribution in [0, 0.1) is 28.6 Å². The third-order valence-electron chi connectivity index (χ3n) is 6.78. The molecule has 1 aromatic rings. The Morgan fingerprint density at radius 3 is 2.56 bits per heavy atom. The number of fused-ring (bicyclic) bond motifs is 1. The summed E-state index contributed by atoms with van der Waals surface area (Å²) in [6, 6.07) is 3.52. The Bertz CT molecular complexity index is 908. The van der Waals surface area contributed by atoms with E-state index in [1.165, 1.54) is 50.3 Å². The number of hydrogen-bond donors (Lipinski definition) is 1. The van der Waals surface area contributed by atoms with E-state index in [4.69, 9.17) is 14.9 Å². The van der Waals surface area contributed by atoms with Crippen molar-refractivity contribution in [2.24, 2.45) is 33.3 Å². The van der Waals surface area contributed by atoms with E-state index in [2.05, 4.69) is 4.99 Å². The van der Waals surface area contributed by atoms with Crippen LogP contribution in [0.15, 0.2) is 38.5 Å². The Labute approximate surface area is 161 Å². The van der Waals surface area contributed by atoms with Crippen molar-refractivity contribution in [3.8, 4) is 0 Å². The molecule has 1 aromatic heterocycles. The number of thioether (sulfide) groups is 1. The van der Waals surface area contributed by atoms with E-state index < -0.39 is 5.91 Å². The van der Waals surface area contributed by atoms with Crippen molar-refractivity contribution in [3.63, 3.8) is 0 Å². The van der Waals surface area contributed by atoms with Gasteiger partial charge in [-0.25, -0.2) is 0 Å². The van der Waals surface area contributed by atoms with Gasteiger partial charge in [0.05, 0.1) is 11.8 Å². The van der Waals surface area contributed by atoms with Gasteiger partial charge in [0.1, 0.15) is 10.8 Å². The molecular weight excluding hydrogens is 360 g/mol. The van der Waals surface area contributed by atoms with E-state index in [1.54, 1.807) is 29.5 Å². The third-order valence-corrected chi connectivity index (χ3v) is 7.93. The molecule has 7 heteroatoms. The predicted octanol–water partition coefficient (Wildman–Crippen LogP) is 4.12. The van der Waals surface area contributed by atoms with Gasteiger partial charge >= 0.3 is 0 Å². The summed E-state index contributed by atoms with van der Waals surface area (Å²) < 4.78 is 5.30. The van der Waals surface area contributed by atoms with Crippen molar-refractivity contribution in [2.45, 2.75) is 38.5 Å². The highest BCUT2D eigenvalue weighted by Gasteiger charge is 2.55. The molecule has 0 radical (unpaired) electrons. The number of amides is 1. The number of hydrogen-bond acceptors (Lipinski definition) is 5. The van der Waals surface area contributed by atoms with Crippen LogP contribution in [-0.4, -0.2) is 27.0 Å². The Morgan fingerprint density at radius 1 is 1.22 bits per heavy atom. The first-order chi connectivity index (χ1) is 13.1. The maximum absolute atomic E-state index is 12.5. The van der Waals surface area contributed by atoms with Crippen LogP contribution in [0.5, 0.6) is 0 Å². The monoisotopic (exact) mass is 380 g/mol. The van der Waals surface area contributed by atoms with E-state index in [9.17, 15) is 4.79 Å². The minimum atomic E-state index is -0.392. The quantitative estimate of drug-likeness (QED) is 0.783. The number of furan rings is 1. The number of carbonyl (C=O) groups excluding carboxylic acids is 1. The van der Waals surface area contributed by atoms with Crippen molar-refractivity contribution in [2.75, 3.05) is 0 Å². The molecule has 6 nitrogen and oxygen atoms in total. The molecular formula is C20H20N4O2S. The molecule has 4 bridgehead atoms. The van der Waals surface area contributed by atoms with E-state index >= 15 is 0 Å². The Kier molecular flexibility index (Phi) is 3.20. The Hall–Kier alpha value is -2.15. The SMILES string of the molecule is N=C1C(=Cc2ccco2)C(=O)N=C2SC(C34CC5CC(CC(C5)C3)C4)=NN12. The summed E-state index contributed by atoms with van der Waals surface area (Å²) >= 11 is 1.51. The first-order valence-corrected chi connectivity index (χ1v) is 10.5. The van der Waals surface area contributed by atoms with Gasteiger partial charge < -0.3 is 4.42 Å². The number of hydrazone groups is 1. The highest BCUT2D eigenvalue weighted by molar-refractivity contribution is 8.27. The number of nitrogens with zero attached hydrogens (tertiary/aromatic N) is 3. The second-order valence-electron chi connectivity index (χ2n) is 8.64. The van der Waals surface area contributed by atoms with Gasteiger partial charge in [-0.3, -0.25) is 10.2 Å². The van der Waals surface area contributed by atoms with Gasteiger partial charge in [-0.15, -0.1) is 0 Å². The molecule has 0 saturated heterocycles. The smallest absolute Gasteiger partial charge is 0.283 e. The predicted molar refractivity (Wildman–Crippen MR) is 104 cm³/mol. The molecule has 0 unspecified atom stereocenters. The van der Waals surface area contributed by atoms with Crippen LogP contribution in [-0.2, 0) is 4.79 Å². The summed E-state index contributed by atoms with van der Waals surface area (Å²) in [5, 5.41) is 16.5. The molecule has 4 saturated carbocycles. The van der Waals surface area contributed by atoms with Gasteiger partial charge in [0.15, 0.2) is 5.84 Å². The number of nitrogens with one attached hydrogen (secondary N) is 1. The number of aliphatic imine (C=N–C) groups is 1. The first kappa shape index (κ1) is 15.9. The number of carbonyl (C=O) groups is 1. The molecule has 4 aliphatic carbocycles. The molecule has 0 spiro atoms. The molecule has 1 N–H and O–H groups in total. The fourth-order valence-electron chi connectivity index (χ4n) is 6.09. The molecule has 1 amide bonds. The summed E-state index contributed by atoms with van der Waals surface area (Å²) in [6.07, 6.45) is 10.9. The molecule has 0 atom stereocenters. The summed E-state index contributed by atoms with van der Waals surface area (Å²) in [4.78, 5) is 16.7. The minimum Gasteiger partial charge on any atom is -0.465 e. The Balaban J connectivity index is 1.35. The van der Waals surface area contributed by atoms with Gasteiger partial charge in [-0.1, -0.05) is 0 Å². The van der Waals surface area contributed by atoms with Gasteiger partial charge in [-0.2, -0.15) is 15.1 Å².